The van der Waals surface area contributed by atoms with Crippen LogP contribution in [-0.2, 0) is 11.2 Å². The molecule has 0 saturated heterocycles. The third kappa shape index (κ3) is 3.30. The average Bonchev–Trinajstić information content (AvgIpc) is 2.56. The first-order valence-electron chi connectivity index (χ1n) is 7.96. The van der Waals surface area contributed by atoms with Gasteiger partial charge in [0.1, 0.15) is 11.5 Å². The normalized spacial score (nSPS) is 17.8. The maximum absolute atomic E-state index is 12.5. The van der Waals surface area contributed by atoms with Crippen LogP contribution in [0.2, 0.25) is 5.82 Å². The van der Waals surface area contributed by atoms with Gasteiger partial charge in [0.05, 0.1) is 6.04 Å². The molecule has 124 valence electrons. The van der Waals surface area contributed by atoms with Crippen LogP contribution in [0.1, 0.15) is 29.2 Å². The first kappa shape index (κ1) is 16.5. The summed E-state index contributed by atoms with van der Waals surface area (Å²) in [6.45, 7) is 1.93. The number of aryl methyl sites for hydroxylation is 1. The molecule has 6 heteroatoms. The van der Waals surface area contributed by atoms with Crippen molar-refractivity contribution in [1.29, 1.82) is 0 Å². The quantitative estimate of drug-likeness (QED) is 0.749. The van der Waals surface area contributed by atoms with Gasteiger partial charge in [-0.25, -0.2) is 0 Å². The second kappa shape index (κ2) is 6.67. The molecule has 1 aliphatic heterocycles. The molecule has 24 heavy (non-hydrogen) atoms. The lowest BCUT2D eigenvalue weighted by atomic mass is 9.64. The Labute approximate surface area is 141 Å². The minimum Gasteiger partial charge on any atom is -0.536 e. The van der Waals surface area contributed by atoms with Gasteiger partial charge in [0, 0.05) is 12.2 Å². The van der Waals surface area contributed by atoms with E-state index in [4.69, 9.17) is 10.4 Å². The van der Waals surface area contributed by atoms with Crippen LogP contribution in [0.25, 0.3) is 0 Å². The Hall–Kier alpha value is -2.31. The van der Waals surface area contributed by atoms with Crippen LogP contribution in [0.5, 0.6) is 11.5 Å². The maximum atomic E-state index is 12.5. The molecule has 4 N–H and O–H groups in total. The molecule has 0 spiro atoms. The number of phenolic OH excluding ortho intramolecular Hbond substituents is 1. The number of fused-ring (bicyclic) bond motifs is 1. The molecule has 0 amide bonds. The first-order valence-corrected chi connectivity index (χ1v) is 7.96. The number of hydrogen-bond donors (Lipinski definition) is 3. The molecule has 3 rings (SSSR count). The largest absolute Gasteiger partial charge is 0.536 e. The Balaban J connectivity index is 1.71. The number of Topliss-reactive ketones (excluding diaryl/α,β-unsaturated/α-hetero) is 1. The van der Waals surface area contributed by atoms with Gasteiger partial charge in [-0.2, -0.15) is 0 Å². The molecule has 2 atom stereocenters. The monoisotopic (exact) mass is 325 g/mol. The second-order valence-electron chi connectivity index (χ2n) is 6.28. The van der Waals surface area contributed by atoms with Crippen LogP contribution in [0.4, 0.5) is 0 Å². The van der Waals surface area contributed by atoms with Crippen LogP contribution >= 0.6 is 0 Å². The van der Waals surface area contributed by atoms with E-state index in [-0.39, 0.29) is 23.8 Å². The number of rotatable bonds is 4. The van der Waals surface area contributed by atoms with Crippen LogP contribution in [0.3, 0.4) is 0 Å². The van der Waals surface area contributed by atoms with Crippen LogP contribution < -0.4 is 10.4 Å². The van der Waals surface area contributed by atoms with Gasteiger partial charge in [0.2, 0.25) is 0 Å². The van der Waals surface area contributed by atoms with Gasteiger partial charge in [-0.05, 0) is 42.2 Å². The molecule has 0 radical (unpaired) electrons. The highest BCUT2D eigenvalue weighted by atomic mass is 16.5. The summed E-state index contributed by atoms with van der Waals surface area (Å²) in [5.41, 5.74) is 8.62. The highest BCUT2D eigenvalue weighted by Gasteiger charge is 2.37. The zero-order valence-electron chi connectivity index (χ0n) is 13.5. The highest BCUT2D eigenvalue weighted by Crippen LogP contribution is 2.36. The number of nitrogens with two attached hydrogens (primary N) is 1. The van der Waals surface area contributed by atoms with Crippen molar-refractivity contribution < 1.29 is 19.6 Å². The SMILES string of the molecule is Cc1cccc2c1OB(O)[C@@H](CC(=O)[C@H](N)c1ccc(O)cc1)C2. The van der Waals surface area contributed by atoms with Gasteiger partial charge < -0.3 is 20.5 Å². The fraction of sp³-hybridized carbons (Fsp3) is 0.278. The van der Waals surface area contributed by atoms with E-state index in [9.17, 15) is 14.9 Å². The molecule has 0 unspecified atom stereocenters. The summed E-state index contributed by atoms with van der Waals surface area (Å²) in [5, 5.41) is 19.5. The van der Waals surface area contributed by atoms with Gasteiger partial charge in [-0.15, -0.1) is 0 Å². The molecule has 2 aromatic carbocycles. The standard InChI is InChI=1S/C18H20BNO4/c1-11-3-2-4-13-9-14(19(23)24-18(11)13)10-16(22)17(20)12-5-7-15(21)8-6-12/h2-8,14,17,21,23H,9-10,20H2,1H3/t14-,17-/m1/s1. The number of benzene rings is 2. The molecule has 1 aliphatic rings. The van der Waals surface area contributed by atoms with E-state index in [1.807, 2.05) is 25.1 Å². The number of aromatic hydroxyl groups is 1. The lowest BCUT2D eigenvalue weighted by Crippen LogP contribution is -2.36. The summed E-state index contributed by atoms with van der Waals surface area (Å²) in [7, 11) is -1.02. The first-order chi connectivity index (χ1) is 11.5. The highest BCUT2D eigenvalue weighted by molar-refractivity contribution is 6.46. The Morgan fingerprint density at radius 3 is 2.75 bits per heavy atom. The predicted molar refractivity (Wildman–Crippen MR) is 91.9 cm³/mol. The lowest BCUT2D eigenvalue weighted by molar-refractivity contribution is -0.120. The molecule has 0 fully saturated rings. The summed E-state index contributed by atoms with van der Waals surface area (Å²) in [6, 6.07) is 11.3. The molecule has 0 aliphatic carbocycles. The van der Waals surface area contributed by atoms with Gasteiger partial charge in [0.25, 0.3) is 0 Å². The second-order valence-corrected chi connectivity index (χ2v) is 6.28. The number of para-hydroxylation sites is 1. The maximum Gasteiger partial charge on any atom is 0.526 e. The van der Waals surface area contributed by atoms with E-state index < -0.39 is 13.2 Å². The molecule has 0 saturated carbocycles. The van der Waals surface area contributed by atoms with Crippen molar-refractivity contribution in [2.75, 3.05) is 0 Å². The van der Waals surface area contributed by atoms with Crippen molar-refractivity contribution in [3.8, 4) is 11.5 Å². The lowest BCUT2D eigenvalue weighted by Gasteiger charge is -2.28. The number of ketones is 1. The Bertz CT molecular complexity index is 747. The number of carbonyl (C=O) groups excluding carboxylic acids is 1. The zero-order valence-corrected chi connectivity index (χ0v) is 13.5. The predicted octanol–water partition coefficient (Wildman–Crippen LogP) is 2.15. The molecule has 0 aromatic heterocycles. The fourth-order valence-corrected chi connectivity index (χ4v) is 3.07. The molecule has 2 aromatic rings. The summed E-state index contributed by atoms with van der Waals surface area (Å²) in [6.07, 6.45) is 0.711. The third-order valence-electron chi connectivity index (χ3n) is 4.48. The summed E-state index contributed by atoms with van der Waals surface area (Å²) >= 11 is 0. The Morgan fingerprint density at radius 1 is 1.33 bits per heavy atom. The van der Waals surface area contributed by atoms with Gasteiger partial charge in [0.15, 0.2) is 5.78 Å². The zero-order chi connectivity index (χ0) is 17.3. The van der Waals surface area contributed by atoms with Gasteiger partial charge in [-0.1, -0.05) is 30.3 Å². The smallest absolute Gasteiger partial charge is 0.526 e. The van der Waals surface area contributed by atoms with E-state index in [1.165, 1.54) is 12.1 Å². The molecule has 5 nitrogen and oxygen atoms in total. The molecule has 1 heterocycles. The Kier molecular flexibility index (Phi) is 4.60. The van der Waals surface area contributed by atoms with Crippen molar-refractivity contribution in [3.05, 3.63) is 59.2 Å². The van der Waals surface area contributed by atoms with E-state index in [1.54, 1.807) is 12.1 Å². The summed E-state index contributed by atoms with van der Waals surface area (Å²) in [4.78, 5) is 12.5. The minimum absolute atomic E-state index is 0.126. The summed E-state index contributed by atoms with van der Waals surface area (Å²) < 4.78 is 5.61. The molecule has 0 bridgehead atoms. The van der Waals surface area contributed by atoms with Crippen molar-refractivity contribution in [2.24, 2.45) is 5.73 Å². The van der Waals surface area contributed by atoms with Crippen molar-refractivity contribution >= 4 is 12.9 Å². The van der Waals surface area contributed by atoms with E-state index in [0.29, 0.717) is 17.7 Å². The fourth-order valence-electron chi connectivity index (χ4n) is 3.07. The van der Waals surface area contributed by atoms with Crippen LogP contribution in [0, 0.1) is 6.92 Å². The van der Waals surface area contributed by atoms with E-state index >= 15 is 0 Å². The van der Waals surface area contributed by atoms with Crippen LogP contribution in [0.15, 0.2) is 42.5 Å². The van der Waals surface area contributed by atoms with E-state index in [0.717, 1.165) is 11.1 Å². The number of hydrogen-bond acceptors (Lipinski definition) is 5. The molecular weight excluding hydrogens is 305 g/mol. The van der Waals surface area contributed by atoms with Crippen molar-refractivity contribution in [3.63, 3.8) is 0 Å². The topological polar surface area (TPSA) is 92.8 Å². The van der Waals surface area contributed by atoms with E-state index in [2.05, 4.69) is 0 Å². The van der Waals surface area contributed by atoms with Crippen molar-refractivity contribution in [2.45, 2.75) is 31.6 Å². The molecular formula is C18H20BNO4. The third-order valence-corrected chi connectivity index (χ3v) is 4.48. The number of phenols is 1. The minimum atomic E-state index is -1.02. The summed E-state index contributed by atoms with van der Waals surface area (Å²) in [5.74, 6) is 0.345. The average molecular weight is 325 g/mol. The number of carbonyl (C=O) groups is 1. The van der Waals surface area contributed by atoms with Gasteiger partial charge in [-0.3, -0.25) is 4.79 Å². The Morgan fingerprint density at radius 2 is 2.04 bits per heavy atom. The van der Waals surface area contributed by atoms with Crippen molar-refractivity contribution in [1.82, 2.24) is 0 Å². The van der Waals surface area contributed by atoms with Crippen LogP contribution in [-0.4, -0.2) is 23.0 Å². The van der Waals surface area contributed by atoms with Gasteiger partial charge >= 0.3 is 7.12 Å².